The van der Waals surface area contributed by atoms with Crippen molar-refractivity contribution in [1.29, 1.82) is 0 Å². The number of methoxy groups -OCH3 is 1. The monoisotopic (exact) mass is 446 g/mol. The van der Waals surface area contributed by atoms with Gasteiger partial charge in [-0.15, -0.1) is 0 Å². The number of carbonyl (C=O) groups is 3. The van der Waals surface area contributed by atoms with Crippen molar-refractivity contribution in [2.75, 3.05) is 13.7 Å². The fourth-order valence-electron chi connectivity index (χ4n) is 2.69. The number of hydrogen-bond acceptors (Lipinski definition) is 7. The lowest BCUT2D eigenvalue weighted by molar-refractivity contribution is -0.123. The maximum absolute atomic E-state index is 14.2. The smallest absolute Gasteiger partial charge is 0.344 e. The summed E-state index contributed by atoms with van der Waals surface area (Å²) < 4.78 is 29.2. The van der Waals surface area contributed by atoms with Crippen molar-refractivity contribution in [2.24, 2.45) is 0 Å². The minimum atomic E-state index is -0.986. The molecule has 0 aliphatic rings. The van der Waals surface area contributed by atoms with Crippen molar-refractivity contribution in [1.82, 2.24) is 10.5 Å². The molecule has 2 amide bonds. The Morgan fingerprint density at radius 2 is 1.87 bits per heavy atom. The van der Waals surface area contributed by atoms with Gasteiger partial charge in [-0.3, -0.25) is 14.9 Å². The zero-order chi connectivity index (χ0) is 22.5. The Labute approximate surface area is 180 Å². The van der Waals surface area contributed by atoms with Crippen LogP contribution in [0.4, 0.5) is 4.39 Å². The number of aromatic nitrogens is 1. The maximum Gasteiger partial charge on any atom is 0.344 e. The molecule has 2 aromatic carbocycles. The number of nitrogens with one attached hydrogen (secondary N) is 1. The van der Waals surface area contributed by atoms with Gasteiger partial charge in [0.25, 0.3) is 11.8 Å². The number of imide groups is 1. The van der Waals surface area contributed by atoms with Gasteiger partial charge in [0.2, 0.25) is 0 Å². The number of aryl methyl sites for hydroxylation is 1. The van der Waals surface area contributed by atoms with Crippen LogP contribution < -0.4 is 10.1 Å². The van der Waals surface area contributed by atoms with E-state index in [1.807, 2.05) is 0 Å². The molecule has 8 nitrogen and oxygen atoms in total. The average Bonchev–Trinajstić information content (AvgIpc) is 3.13. The van der Waals surface area contributed by atoms with Crippen molar-refractivity contribution >= 4 is 29.4 Å². The van der Waals surface area contributed by atoms with Gasteiger partial charge in [-0.05, 0) is 43.3 Å². The molecule has 0 saturated heterocycles. The van der Waals surface area contributed by atoms with Crippen LogP contribution in [0.1, 0.15) is 26.5 Å². The van der Waals surface area contributed by atoms with Gasteiger partial charge in [0.05, 0.1) is 17.7 Å². The number of amides is 2. The summed E-state index contributed by atoms with van der Waals surface area (Å²) in [7, 11) is 1.48. The number of esters is 1. The number of benzene rings is 2. The van der Waals surface area contributed by atoms with Gasteiger partial charge in [-0.1, -0.05) is 22.8 Å². The third-order valence-electron chi connectivity index (χ3n) is 4.21. The lowest BCUT2D eigenvalue weighted by Gasteiger charge is -2.08. The summed E-state index contributed by atoms with van der Waals surface area (Å²) in [5.41, 5.74) is -0.250. The Morgan fingerprint density at radius 1 is 1.16 bits per heavy atom. The molecule has 0 saturated carbocycles. The minimum Gasteiger partial charge on any atom is -0.497 e. The second-order valence-corrected chi connectivity index (χ2v) is 6.65. The molecule has 0 atom stereocenters. The molecule has 0 fully saturated rings. The molecule has 31 heavy (non-hydrogen) atoms. The quantitative estimate of drug-likeness (QED) is 0.577. The van der Waals surface area contributed by atoms with Gasteiger partial charge in [0, 0.05) is 5.56 Å². The number of carbonyl (C=O) groups excluding carboxylic acids is 3. The molecule has 1 heterocycles. The molecule has 0 radical (unpaired) electrons. The fourth-order valence-corrected chi connectivity index (χ4v) is 2.94. The van der Waals surface area contributed by atoms with Gasteiger partial charge in [-0.25, -0.2) is 9.18 Å². The first kappa shape index (κ1) is 22.0. The van der Waals surface area contributed by atoms with Crippen LogP contribution in [0.3, 0.4) is 0 Å². The predicted molar refractivity (Wildman–Crippen MR) is 107 cm³/mol. The van der Waals surface area contributed by atoms with Gasteiger partial charge >= 0.3 is 5.97 Å². The number of hydrogen-bond donors (Lipinski definition) is 1. The van der Waals surface area contributed by atoms with Crippen LogP contribution in [0.5, 0.6) is 5.75 Å². The summed E-state index contributed by atoms with van der Waals surface area (Å²) in [6, 6.07) is 10.0. The van der Waals surface area contributed by atoms with Crippen LogP contribution in [0.25, 0.3) is 11.3 Å². The maximum atomic E-state index is 14.2. The van der Waals surface area contributed by atoms with Crippen molar-refractivity contribution < 1.29 is 32.8 Å². The number of ether oxygens (including phenoxy) is 2. The Morgan fingerprint density at radius 3 is 2.52 bits per heavy atom. The van der Waals surface area contributed by atoms with Gasteiger partial charge in [0.15, 0.2) is 6.61 Å². The van der Waals surface area contributed by atoms with Crippen molar-refractivity contribution in [3.8, 4) is 17.0 Å². The molecular weight excluding hydrogens is 431 g/mol. The Kier molecular flexibility index (Phi) is 6.66. The van der Waals surface area contributed by atoms with E-state index >= 15 is 0 Å². The summed E-state index contributed by atoms with van der Waals surface area (Å²) in [6.45, 7) is 0.672. The highest BCUT2D eigenvalue weighted by molar-refractivity contribution is 6.33. The van der Waals surface area contributed by atoms with Crippen LogP contribution in [0.15, 0.2) is 47.0 Å². The molecule has 0 aliphatic heterocycles. The van der Waals surface area contributed by atoms with Crippen LogP contribution in [0, 0.1) is 12.7 Å². The van der Waals surface area contributed by atoms with E-state index in [9.17, 15) is 18.8 Å². The standard InChI is InChI=1S/C21H16ClFN2O6/c1-11-17(19(25-31-11)18-14(22)4-3-5-15(18)23)21(28)30-10-16(26)24-20(27)12-6-8-13(29-2)9-7-12/h3-9H,10H2,1-2H3,(H,24,26,27). The number of nitrogens with zero attached hydrogens (tertiary/aromatic N) is 1. The molecule has 3 aromatic rings. The van der Waals surface area contributed by atoms with E-state index in [1.54, 1.807) is 12.1 Å². The van der Waals surface area contributed by atoms with Crippen LogP contribution in [0.2, 0.25) is 5.02 Å². The average molecular weight is 447 g/mol. The Hall–Kier alpha value is -3.72. The normalized spacial score (nSPS) is 10.5. The molecule has 1 aromatic heterocycles. The topological polar surface area (TPSA) is 108 Å². The summed E-state index contributed by atoms with van der Waals surface area (Å²) in [5, 5.41) is 5.81. The SMILES string of the molecule is COc1ccc(C(=O)NC(=O)COC(=O)c2c(-c3c(F)cccc3Cl)noc2C)cc1. The van der Waals surface area contributed by atoms with E-state index in [2.05, 4.69) is 10.5 Å². The minimum absolute atomic E-state index is 0.0187. The van der Waals surface area contributed by atoms with Gasteiger partial charge in [0.1, 0.15) is 28.6 Å². The Bertz CT molecular complexity index is 1120. The van der Waals surface area contributed by atoms with Gasteiger partial charge in [-0.2, -0.15) is 0 Å². The Balaban J connectivity index is 1.68. The van der Waals surface area contributed by atoms with E-state index in [4.69, 9.17) is 25.6 Å². The summed E-state index contributed by atoms with van der Waals surface area (Å²) in [6.07, 6.45) is 0. The van der Waals surface area contributed by atoms with Crippen LogP contribution in [-0.2, 0) is 9.53 Å². The highest BCUT2D eigenvalue weighted by atomic mass is 35.5. The molecule has 160 valence electrons. The zero-order valence-electron chi connectivity index (χ0n) is 16.4. The molecule has 3 rings (SSSR count). The summed E-state index contributed by atoms with van der Waals surface area (Å²) in [5.74, 6) is -2.63. The highest BCUT2D eigenvalue weighted by Crippen LogP contribution is 2.33. The first-order valence-corrected chi connectivity index (χ1v) is 9.25. The third kappa shape index (κ3) is 4.89. The largest absolute Gasteiger partial charge is 0.497 e. The van der Waals surface area contributed by atoms with Crippen LogP contribution >= 0.6 is 11.6 Å². The van der Waals surface area contributed by atoms with Crippen LogP contribution in [-0.4, -0.2) is 36.7 Å². The summed E-state index contributed by atoms with van der Waals surface area (Å²) >= 11 is 6.03. The van der Waals surface area contributed by atoms with Gasteiger partial charge < -0.3 is 14.0 Å². The van der Waals surface area contributed by atoms with E-state index in [1.165, 1.54) is 38.3 Å². The van der Waals surface area contributed by atoms with E-state index in [-0.39, 0.29) is 33.2 Å². The van der Waals surface area contributed by atoms with Crippen molar-refractivity contribution in [3.63, 3.8) is 0 Å². The molecule has 1 N–H and O–H groups in total. The second kappa shape index (κ2) is 9.40. The lowest BCUT2D eigenvalue weighted by atomic mass is 10.1. The third-order valence-corrected chi connectivity index (χ3v) is 4.52. The predicted octanol–water partition coefficient (Wildman–Crippen LogP) is 3.56. The second-order valence-electron chi connectivity index (χ2n) is 6.24. The first-order chi connectivity index (χ1) is 14.8. The molecule has 0 bridgehead atoms. The molecule has 10 heteroatoms. The molecule has 0 unspecified atom stereocenters. The van der Waals surface area contributed by atoms with Crippen molar-refractivity contribution in [3.05, 3.63) is 70.2 Å². The number of rotatable bonds is 6. The van der Waals surface area contributed by atoms with E-state index in [0.717, 1.165) is 6.07 Å². The number of halogens is 2. The van der Waals surface area contributed by atoms with E-state index in [0.29, 0.717) is 5.75 Å². The molecular formula is C21H16ClFN2O6. The zero-order valence-corrected chi connectivity index (χ0v) is 17.2. The van der Waals surface area contributed by atoms with Crippen molar-refractivity contribution in [2.45, 2.75) is 6.92 Å². The highest BCUT2D eigenvalue weighted by Gasteiger charge is 2.27. The lowest BCUT2D eigenvalue weighted by Crippen LogP contribution is -2.34. The molecule has 0 aliphatic carbocycles. The fraction of sp³-hybridized carbons (Fsp3) is 0.143. The first-order valence-electron chi connectivity index (χ1n) is 8.87. The van der Waals surface area contributed by atoms with E-state index < -0.39 is 30.2 Å². The molecule has 0 spiro atoms. The summed E-state index contributed by atoms with van der Waals surface area (Å²) in [4.78, 5) is 36.6.